The quantitative estimate of drug-likeness (QED) is 0.708. The number of nitrogens with one attached hydrogen (secondary N) is 1. The Hall–Kier alpha value is -1.13. The molecular formula is C17H25FN2O. The lowest BCUT2D eigenvalue weighted by molar-refractivity contribution is 0.131. The van der Waals surface area contributed by atoms with Gasteiger partial charge in [0, 0.05) is 32.8 Å². The Morgan fingerprint density at radius 2 is 2.10 bits per heavy atom. The molecule has 2 saturated carbocycles. The molecule has 0 atom stereocenters. The number of ether oxygens (including phenoxy) is 1. The van der Waals surface area contributed by atoms with Gasteiger partial charge in [0.25, 0.3) is 0 Å². The van der Waals surface area contributed by atoms with Crippen molar-refractivity contribution in [1.29, 1.82) is 0 Å². The molecule has 0 unspecified atom stereocenters. The van der Waals surface area contributed by atoms with E-state index < -0.39 is 0 Å². The van der Waals surface area contributed by atoms with Gasteiger partial charge >= 0.3 is 0 Å². The van der Waals surface area contributed by atoms with Gasteiger partial charge in [0.1, 0.15) is 5.82 Å². The van der Waals surface area contributed by atoms with Crippen LogP contribution < -0.4 is 10.2 Å². The van der Waals surface area contributed by atoms with Crippen molar-refractivity contribution in [2.75, 3.05) is 31.7 Å². The monoisotopic (exact) mass is 292 g/mol. The number of halogens is 1. The highest BCUT2D eigenvalue weighted by Crippen LogP contribution is 2.29. The van der Waals surface area contributed by atoms with E-state index in [-0.39, 0.29) is 5.82 Å². The zero-order valence-corrected chi connectivity index (χ0v) is 12.8. The summed E-state index contributed by atoms with van der Waals surface area (Å²) >= 11 is 0. The molecule has 0 saturated heterocycles. The van der Waals surface area contributed by atoms with Crippen LogP contribution in [0.5, 0.6) is 0 Å². The normalized spacial score (nSPS) is 18.0. The summed E-state index contributed by atoms with van der Waals surface area (Å²) < 4.78 is 19.8. The first kappa shape index (κ1) is 14.8. The molecule has 0 aromatic heterocycles. The maximum Gasteiger partial charge on any atom is 0.146 e. The molecule has 3 rings (SSSR count). The predicted octanol–water partition coefficient (Wildman–Crippen LogP) is 2.94. The van der Waals surface area contributed by atoms with Gasteiger partial charge in [-0.15, -0.1) is 0 Å². The molecule has 116 valence electrons. The first-order valence-corrected chi connectivity index (χ1v) is 8.03. The Kier molecular flexibility index (Phi) is 4.76. The molecule has 0 radical (unpaired) electrons. The SMILES string of the molecule is CN(CCOCC1CC1)c1c(F)cccc1CNC1CC1. The van der Waals surface area contributed by atoms with Gasteiger partial charge < -0.3 is 15.0 Å². The van der Waals surface area contributed by atoms with Crippen molar-refractivity contribution in [3.8, 4) is 0 Å². The second-order valence-electron chi connectivity index (χ2n) is 6.34. The van der Waals surface area contributed by atoms with Crippen LogP contribution in [0.25, 0.3) is 0 Å². The van der Waals surface area contributed by atoms with Crippen molar-refractivity contribution >= 4 is 5.69 Å². The van der Waals surface area contributed by atoms with Crippen molar-refractivity contribution in [2.45, 2.75) is 38.3 Å². The maximum absolute atomic E-state index is 14.2. The largest absolute Gasteiger partial charge is 0.379 e. The fraction of sp³-hybridized carbons (Fsp3) is 0.647. The van der Waals surface area contributed by atoms with Crippen LogP contribution in [-0.2, 0) is 11.3 Å². The fourth-order valence-corrected chi connectivity index (χ4v) is 2.52. The third-order valence-corrected chi connectivity index (χ3v) is 4.23. The lowest BCUT2D eigenvalue weighted by atomic mass is 10.1. The van der Waals surface area contributed by atoms with E-state index in [0.717, 1.165) is 31.2 Å². The van der Waals surface area contributed by atoms with E-state index in [1.54, 1.807) is 6.07 Å². The van der Waals surface area contributed by atoms with Gasteiger partial charge in [0.05, 0.1) is 12.3 Å². The molecule has 0 bridgehead atoms. The van der Waals surface area contributed by atoms with Crippen LogP contribution in [0.2, 0.25) is 0 Å². The molecule has 0 amide bonds. The molecule has 0 heterocycles. The Balaban J connectivity index is 1.54. The smallest absolute Gasteiger partial charge is 0.146 e. The molecule has 21 heavy (non-hydrogen) atoms. The molecule has 2 fully saturated rings. The zero-order chi connectivity index (χ0) is 14.7. The standard InChI is InChI=1S/C17H25FN2O/c1-20(9-10-21-12-13-5-6-13)17-14(3-2-4-16(17)18)11-19-15-7-8-15/h2-4,13,15,19H,5-12H2,1H3. The number of nitrogens with zero attached hydrogens (tertiary/aromatic N) is 1. The number of hydrogen-bond acceptors (Lipinski definition) is 3. The number of anilines is 1. The van der Waals surface area contributed by atoms with Gasteiger partial charge in [-0.3, -0.25) is 0 Å². The summed E-state index contributed by atoms with van der Waals surface area (Å²) in [5.74, 6) is 0.636. The number of likely N-dealkylation sites (N-methyl/N-ethyl adjacent to an activating group) is 1. The lowest BCUT2D eigenvalue weighted by Crippen LogP contribution is -2.26. The fourth-order valence-electron chi connectivity index (χ4n) is 2.52. The van der Waals surface area contributed by atoms with Crippen molar-refractivity contribution in [3.63, 3.8) is 0 Å². The van der Waals surface area contributed by atoms with Crippen LogP contribution in [0.1, 0.15) is 31.2 Å². The molecule has 1 N–H and O–H groups in total. The van der Waals surface area contributed by atoms with E-state index in [1.807, 2.05) is 18.0 Å². The van der Waals surface area contributed by atoms with E-state index in [1.165, 1.54) is 31.7 Å². The average molecular weight is 292 g/mol. The summed E-state index contributed by atoms with van der Waals surface area (Å²) in [5, 5.41) is 3.46. The van der Waals surface area contributed by atoms with E-state index in [9.17, 15) is 4.39 Å². The minimum absolute atomic E-state index is 0.144. The Morgan fingerprint density at radius 1 is 1.29 bits per heavy atom. The van der Waals surface area contributed by atoms with Gasteiger partial charge in [-0.2, -0.15) is 0 Å². The first-order chi connectivity index (χ1) is 10.2. The second kappa shape index (κ2) is 6.75. The molecule has 0 aliphatic heterocycles. The third-order valence-electron chi connectivity index (χ3n) is 4.23. The van der Waals surface area contributed by atoms with Crippen molar-refractivity contribution in [2.24, 2.45) is 5.92 Å². The molecule has 0 spiro atoms. The summed E-state index contributed by atoms with van der Waals surface area (Å²) in [6.45, 7) is 2.99. The highest BCUT2D eigenvalue weighted by molar-refractivity contribution is 5.54. The lowest BCUT2D eigenvalue weighted by Gasteiger charge is -2.23. The molecule has 4 heteroatoms. The third kappa shape index (κ3) is 4.42. The Bertz CT molecular complexity index is 472. The highest BCUT2D eigenvalue weighted by Gasteiger charge is 2.22. The van der Waals surface area contributed by atoms with E-state index in [0.29, 0.717) is 18.3 Å². The number of benzene rings is 1. The van der Waals surface area contributed by atoms with Gasteiger partial charge in [-0.1, -0.05) is 12.1 Å². The average Bonchev–Trinajstić information content (AvgIpc) is 3.36. The first-order valence-electron chi connectivity index (χ1n) is 8.03. The van der Waals surface area contributed by atoms with E-state index in [2.05, 4.69) is 5.32 Å². The van der Waals surface area contributed by atoms with Gasteiger partial charge in [-0.05, 0) is 43.2 Å². The highest BCUT2D eigenvalue weighted by atomic mass is 19.1. The summed E-state index contributed by atoms with van der Waals surface area (Å²) in [6.07, 6.45) is 5.10. The second-order valence-corrected chi connectivity index (χ2v) is 6.34. The molecule has 1 aromatic rings. The van der Waals surface area contributed by atoms with Crippen LogP contribution in [0.15, 0.2) is 18.2 Å². The van der Waals surface area contributed by atoms with Crippen molar-refractivity contribution < 1.29 is 9.13 Å². The summed E-state index contributed by atoms with van der Waals surface area (Å²) in [4.78, 5) is 1.98. The van der Waals surface area contributed by atoms with Crippen LogP contribution in [0, 0.1) is 11.7 Å². The van der Waals surface area contributed by atoms with Crippen LogP contribution in [-0.4, -0.2) is 32.8 Å². The summed E-state index contributed by atoms with van der Waals surface area (Å²) in [5.41, 5.74) is 1.74. The zero-order valence-electron chi connectivity index (χ0n) is 12.8. The van der Waals surface area contributed by atoms with Crippen LogP contribution in [0.3, 0.4) is 0 Å². The summed E-state index contributed by atoms with van der Waals surface area (Å²) in [7, 11) is 1.94. The number of para-hydroxylation sites is 1. The van der Waals surface area contributed by atoms with E-state index in [4.69, 9.17) is 4.74 Å². The molecule has 2 aliphatic carbocycles. The number of hydrogen-bond donors (Lipinski definition) is 1. The summed E-state index contributed by atoms with van der Waals surface area (Å²) in [6, 6.07) is 5.97. The van der Waals surface area contributed by atoms with Gasteiger partial charge in [0.2, 0.25) is 0 Å². The predicted molar refractivity (Wildman–Crippen MR) is 83.1 cm³/mol. The minimum atomic E-state index is -0.144. The minimum Gasteiger partial charge on any atom is -0.379 e. The molecule has 3 nitrogen and oxygen atoms in total. The van der Waals surface area contributed by atoms with E-state index >= 15 is 0 Å². The van der Waals surface area contributed by atoms with Crippen molar-refractivity contribution in [1.82, 2.24) is 5.32 Å². The molecule has 2 aliphatic rings. The topological polar surface area (TPSA) is 24.5 Å². The van der Waals surface area contributed by atoms with Gasteiger partial charge in [-0.25, -0.2) is 4.39 Å². The maximum atomic E-state index is 14.2. The van der Waals surface area contributed by atoms with Crippen LogP contribution in [0.4, 0.5) is 10.1 Å². The number of rotatable bonds is 9. The van der Waals surface area contributed by atoms with Crippen LogP contribution >= 0.6 is 0 Å². The molecular weight excluding hydrogens is 267 g/mol. The molecule has 1 aromatic carbocycles. The Morgan fingerprint density at radius 3 is 2.81 bits per heavy atom. The van der Waals surface area contributed by atoms with Crippen molar-refractivity contribution in [3.05, 3.63) is 29.6 Å². The van der Waals surface area contributed by atoms with Gasteiger partial charge in [0.15, 0.2) is 0 Å². The Labute approximate surface area is 126 Å².